The lowest BCUT2D eigenvalue weighted by atomic mass is 10.2. The van der Waals surface area contributed by atoms with E-state index in [1.165, 1.54) is 6.07 Å². The SMILES string of the molecule is CN(Cc1ccc(C(=O)O)o1)c1cccc(C#N)c1. The van der Waals surface area contributed by atoms with Crippen LogP contribution in [0.25, 0.3) is 0 Å². The van der Waals surface area contributed by atoms with E-state index < -0.39 is 5.97 Å². The van der Waals surface area contributed by atoms with E-state index in [0.29, 0.717) is 17.9 Å². The van der Waals surface area contributed by atoms with Crippen molar-refractivity contribution in [2.45, 2.75) is 6.54 Å². The van der Waals surface area contributed by atoms with Crippen LogP contribution in [0.3, 0.4) is 0 Å². The number of anilines is 1. The van der Waals surface area contributed by atoms with E-state index in [-0.39, 0.29) is 5.76 Å². The molecule has 0 bridgehead atoms. The fourth-order valence-corrected chi connectivity index (χ4v) is 1.72. The molecule has 0 aliphatic heterocycles. The van der Waals surface area contributed by atoms with Gasteiger partial charge in [-0.15, -0.1) is 0 Å². The van der Waals surface area contributed by atoms with Crippen molar-refractivity contribution < 1.29 is 14.3 Å². The number of carboxylic acid groups (broad SMARTS) is 1. The molecular weight excluding hydrogens is 244 g/mol. The van der Waals surface area contributed by atoms with Gasteiger partial charge in [0.05, 0.1) is 18.2 Å². The van der Waals surface area contributed by atoms with Crippen molar-refractivity contribution in [3.8, 4) is 6.07 Å². The molecule has 96 valence electrons. The maximum absolute atomic E-state index is 10.7. The molecule has 0 saturated carbocycles. The first kappa shape index (κ1) is 12.7. The molecule has 0 spiro atoms. The van der Waals surface area contributed by atoms with Crippen LogP contribution in [0.1, 0.15) is 21.9 Å². The largest absolute Gasteiger partial charge is 0.475 e. The molecule has 0 atom stereocenters. The van der Waals surface area contributed by atoms with Crippen LogP contribution in [0.2, 0.25) is 0 Å². The third-order valence-electron chi connectivity index (χ3n) is 2.68. The van der Waals surface area contributed by atoms with Crippen LogP contribution < -0.4 is 4.90 Å². The summed E-state index contributed by atoms with van der Waals surface area (Å²) >= 11 is 0. The normalized spacial score (nSPS) is 9.89. The van der Waals surface area contributed by atoms with Crippen LogP contribution in [0.4, 0.5) is 5.69 Å². The molecule has 1 N–H and O–H groups in total. The molecule has 5 nitrogen and oxygen atoms in total. The van der Waals surface area contributed by atoms with Crippen molar-refractivity contribution in [1.82, 2.24) is 0 Å². The van der Waals surface area contributed by atoms with E-state index in [1.54, 1.807) is 24.3 Å². The van der Waals surface area contributed by atoms with Gasteiger partial charge in [0, 0.05) is 12.7 Å². The monoisotopic (exact) mass is 256 g/mol. The molecule has 0 saturated heterocycles. The first-order valence-electron chi connectivity index (χ1n) is 5.63. The number of carboxylic acids is 1. The minimum absolute atomic E-state index is 0.0748. The molecule has 2 aromatic rings. The van der Waals surface area contributed by atoms with E-state index in [0.717, 1.165) is 5.69 Å². The molecular formula is C14H12N2O3. The van der Waals surface area contributed by atoms with Crippen LogP contribution in [0.15, 0.2) is 40.8 Å². The minimum Gasteiger partial charge on any atom is -0.475 e. The van der Waals surface area contributed by atoms with Gasteiger partial charge in [0.15, 0.2) is 0 Å². The molecule has 1 aromatic carbocycles. The molecule has 5 heteroatoms. The Hall–Kier alpha value is -2.74. The van der Waals surface area contributed by atoms with E-state index >= 15 is 0 Å². The zero-order chi connectivity index (χ0) is 13.8. The third kappa shape index (κ3) is 2.93. The molecule has 0 aliphatic carbocycles. The second-order valence-electron chi connectivity index (χ2n) is 4.09. The highest BCUT2D eigenvalue weighted by Gasteiger charge is 2.11. The Morgan fingerprint density at radius 1 is 1.42 bits per heavy atom. The van der Waals surface area contributed by atoms with Crippen molar-refractivity contribution in [2.24, 2.45) is 0 Å². The summed E-state index contributed by atoms with van der Waals surface area (Å²) in [6.07, 6.45) is 0. The number of rotatable bonds is 4. The molecule has 0 radical (unpaired) electrons. The molecule has 2 rings (SSSR count). The summed E-state index contributed by atoms with van der Waals surface area (Å²) in [6.45, 7) is 0.433. The van der Waals surface area contributed by atoms with Gasteiger partial charge in [0.2, 0.25) is 5.76 Å². The summed E-state index contributed by atoms with van der Waals surface area (Å²) in [5, 5.41) is 17.6. The van der Waals surface area contributed by atoms with Gasteiger partial charge in [0.1, 0.15) is 5.76 Å². The maximum atomic E-state index is 10.7. The minimum atomic E-state index is -1.08. The molecule has 19 heavy (non-hydrogen) atoms. The molecule has 1 heterocycles. The number of carbonyl (C=O) groups is 1. The van der Waals surface area contributed by atoms with Crippen LogP contribution in [0, 0.1) is 11.3 Å². The first-order valence-corrected chi connectivity index (χ1v) is 5.63. The average Bonchev–Trinajstić information content (AvgIpc) is 2.87. The van der Waals surface area contributed by atoms with Gasteiger partial charge in [-0.2, -0.15) is 5.26 Å². The van der Waals surface area contributed by atoms with Crippen molar-refractivity contribution in [2.75, 3.05) is 11.9 Å². The Morgan fingerprint density at radius 2 is 2.21 bits per heavy atom. The summed E-state index contributed by atoms with van der Waals surface area (Å²) in [4.78, 5) is 12.6. The smallest absolute Gasteiger partial charge is 0.371 e. The van der Waals surface area contributed by atoms with Gasteiger partial charge in [0.25, 0.3) is 0 Å². The Bertz CT molecular complexity index is 640. The van der Waals surface area contributed by atoms with Crippen molar-refractivity contribution >= 4 is 11.7 Å². The van der Waals surface area contributed by atoms with Gasteiger partial charge in [-0.25, -0.2) is 4.79 Å². The Balaban J connectivity index is 2.13. The fraction of sp³-hybridized carbons (Fsp3) is 0.143. The number of nitriles is 1. The molecule has 0 aliphatic rings. The predicted molar refractivity (Wildman–Crippen MR) is 68.9 cm³/mol. The maximum Gasteiger partial charge on any atom is 0.371 e. The number of aromatic carboxylic acids is 1. The summed E-state index contributed by atoms with van der Waals surface area (Å²) in [7, 11) is 1.85. The lowest BCUT2D eigenvalue weighted by molar-refractivity contribution is 0.0660. The van der Waals surface area contributed by atoms with Gasteiger partial charge < -0.3 is 14.4 Å². The van der Waals surface area contributed by atoms with Gasteiger partial charge in [-0.1, -0.05) is 6.07 Å². The van der Waals surface area contributed by atoms with Crippen LogP contribution in [0.5, 0.6) is 0 Å². The van der Waals surface area contributed by atoms with Crippen LogP contribution >= 0.6 is 0 Å². The van der Waals surface area contributed by atoms with E-state index in [9.17, 15) is 4.79 Å². The number of hydrogen-bond donors (Lipinski definition) is 1. The summed E-state index contributed by atoms with van der Waals surface area (Å²) < 4.78 is 5.19. The molecule has 0 fully saturated rings. The quantitative estimate of drug-likeness (QED) is 0.909. The van der Waals surface area contributed by atoms with Crippen LogP contribution in [-0.4, -0.2) is 18.1 Å². The standard InChI is InChI=1S/C14H12N2O3/c1-16(11-4-2-3-10(7-11)8-15)9-12-5-6-13(19-12)14(17)18/h2-7H,9H2,1H3,(H,17,18). The average molecular weight is 256 g/mol. The highest BCUT2D eigenvalue weighted by atomic mass is 16.4. The Morgan fingerprint density at radius 3 is 2.84 bits per heavy atom. The van der Waals surface area contributed by atoms with Crippen LogP contribution in [-0.2, 0) is 6.54 Å². The summed E-state index contributed by atoms with van der Waals surface area (Å²) in [6, 6.07) is 12.3. The van der Waals surface area contributed by atoms with E-state index in [1.807, 2.05) is 18.0 Å². The van der Waals surface area contributed by atoms with Gasteiger partial charge in [-0.3, -0.25) is 0 Å². The highest BCUT2D eigenvalue weighted by molar-refractivity contribution is 5.84. The number of benzene rings is 1. The summed E-state index contributed by atoms with van der Waals surface area (Å²) in [5.41, 5.74) is 1.45. The molecule has 0 amide bonds. The van der Waals surface area contributed by atoms with Crippen molar-refractivity contribution in [3.05, 3.63) is 53.5 Å². The Labute approximate surface area is 110 Å². The number of nitrogens with zero attached hydrogens (tertiary/aromatic N) is 2. The first-order chi connectivity index (χ1) is 9.10. The fourth-order valence-electron chi connectivity index (χ4n) is 1.72. The Kier molecular flexibility index (Phi) is 3.53. The third-order valence-corrected chi connectivity index (χ3v) is 2.68. The van der Waals surface area contributed by atoms with E-state index in [4.69, 9.17) is 14.8 Å². The second kappa shape index (κ2) is 5.27. The van der Waals surface area contributed by atoms with E-state index in [2.05, 4.69) is 6.07 Å². The predicted octanol–water partition coefficient (Wildman–Crippen LogP) is 2.49. The van der Waals surface area contributed by atoms with Crippen molar-refractivity contribution in [1.29, 1.82) is 5.26 Å². The molecule has 0 unspecified atom stereocenters. The second-order valence-corrected chi connectivity index (χ2v) is 4.09. The molecule has 1 aromatic heterocycles. The van der Waals surface area contributed by atoms with Crippen molar-refractivity contribution in [3.63, 3.8) is 0 Å². The van der Waals surface area contributed by atoms with Gasteiger partial charge >= 0.3 is 5.97 Å². The zero-order valence-electron chi connectivity index (χ0n) is 10.3. The van der Waals surface area contributed by atoms with Gasteiger partial charge in [-0.05, 0) is 30.3 Å². The lowest BCUT2D eigenvalue weighted by Gasteiger charge is -2.17. The summed E-state index contributed by atoms with van der Waals surface area (Å²) in [5.74, 6) is -0.600. The number of hydrogen-bond acceptors (Lipinski definition) is 4. The zero-order valence-corrected chi connectivity index (χ0v) is 10.3. The number of furan rings is 1. The lowest BCUT2D eigenvalue weighted by Crippen LogP contribution is -2.15. The topological polar surface area (TPSA) is 77.5 Å². The highest BCUT2D eigenvalue weighted by Crippen LogP contribution is 2.18.